The number of hydrogen-bond donors (Lipinski definition) is 1. The van der Waals surface area contributed by atoms with Crippen molar-refractivity contribution in [3.63, 3.8) is 0 Å². The van der Waals surface area contributed by atoms with Crippen LogP contribution in [-0.2, 0) is 0 Å². The molecule has 1 N–H and O–H groups in total. The maximum Gasteiger partial charge on any atom is 0.123 e. The Morgan fingerprint density at radius 2 is 1.90 bits per heavy atom. The van der Waals surface area contributed by atoms with E-state index in [-0.39, 0.29) is 11.7 Å². The Bertz CT molecular complexity index is 653. The molecule has 20 heavy (non-hydrogen) atoms. The first-order valence-corrected chi connectivity index (χ1v) is 7.37. The number of benzene rings is 2. The van der Waals surface area contributed by atoms with Gasteiger partial charge in [-0.15, -0.1) is 6.58 Å². The van der Waals surface area contributed by atoms with Gasteiger partial charge >= 0.3 is 0 Å². The summed E-state index contributed by atoms with van der Waals surface area (Å²) in [4.78, 5) is 2.03. The highest BCUT2D eigenvalue weighted by atomic mass is 32.2. The average molecular weight is 286 g/mol. The summed E-state index contributed by atoms with van der Waals surface area (Å²) < 4.78 is 13.5. The molecule has 3 rings (SSSR count). The van der Waals surface area contributed by atoms with Gasteiger partial charge in [0.25, 0.3) is 0 Å². The largest absolute Gasteiger partial charge is 0.388 e. The highest BCUT2D eigenvalue weighted by Gasteiger charge is 2.29. The van der Waals surface area contributed by atoms with Gasteiger partial charge in [-0.3, -0.25) is 0 Å². The molecule has 0 aromatic heterocycles. The van der Waals surface area contributed by atoms with E-state index in [1.54, 1.807) is 23.9 Å². The van der Waals surface area contributed by atoms with Gasteiger partial charge in [0.1, 0.15) is 5.82 Å². The van der Waals surface area contributed by atoms with E-state index in [9.17, 15) is 9.50 Å². The van der Waals surface area contributed by atoms with Crippen molar-refractivity contribution in [3.8, 4) is 0 Å². The topological polar surface area (TPSA) is 20.2 Å². The summed E-state index contributed by atoms with van der Waals surface area (Å²) >= 11 is 1.58. The molecule has 2 aromatic carbocycles. The standard InChI is InChI=1S/C17H15FOS/c1-2-5-13-12-6-3-4-7-15(12)20-16-9-8-11(18)10-14(16)17(13)19/h2-4,6-10,13,17,19H,1,5H2/t13-,17+/m1/s1. The number of rotatable bonds is 2. The van der Waals surface area contributed by atoms with Crippen molar-refractivity contribution in [1.29, 1.82) is 0 Å². The fraction of sp³-hybridized carbons (Fsp3) is 0.176. The van der Waals surface area contributed by atoms with Crippen LogP contribution in [0.4, 0.5) is 4.39 Å². The second kappa shape index (κ2) is 5.43. The smallest absolute Gasteiger partial charge is 0.123 e. The molecule has 102 valence electrons. The van der Waals surface area contributed by atoms with E-state index in [1.807, 2.05) is 24.3 Å². The van der Waals surface area contributed by atoms with Crippen LogP contribution in [0.15, 0.2) is 64.9 Å². The molecular weight excluding hydrogens is 271 g/mol. The fourth-order valence-electron chi connectivity index (χ4n) is 2.66. The first kappa shape index (κ1) is 13.4. The lowest BCUT2D eigenvalue weighted by Crippen LogP contribution is -2.10. The van der Waals surface area contributed by atoms with Crippen molar-refractivity contribution in [3.05, 3.63) is 72.1 Å². The van der Waals surface area contributed by atoms with E-state index >= 15 is 0 Å². The van der Waals surface area contributed by atoms with Gasteiger partial charge in [0.05, 0.1) is 6.10 Å². The first-order valence-electron chi connectivity index (χ1n) is 6.56. The third kappa shape index (κ3) is 2.28. The molecule has 0 saturated carbocycles. The fourth-order valence-corrected chi connectivity index (χ4v) is 3.82. The van der Waals surface area contributed by atoms with Gasteiger partial charge in [-0.25, -0.2) is 4.39 Å². The van der Waals surface area contributed by atoms with E-state index in [1.165, 1.54) is 12.1 Å². The molecule has 0 spiro atoms. The van der Waals surface area contributed by atoms with Crippen LogP contribution in [0.5, 0.6) is 0 Å². The van der Waals surface area contributed by atoms with Crippen molar-refractivity contribution in [1.82, 2.24) is 0 Å². The molecule has 2 atom stereocenters. The highest BCUT2D eigenvalue weighted by molar-refractivity contribution is 7.99. The summed E-state index contributed by atoms with van der Waals surface area (Å²) in [6.07, 6.45) is 1.75. The van der Waals surface area contributed by atoms with Crippen LogP contribution in [0.25, 0.3) is 0 Å². The summed E-state index contributed by atoms with van der Waals surface area (Å²) in [6, 6.07) is 12.6. The van der Waals surface area contributed by atoms with E-state index < -0.39 is 6.10 Å². The summed E-state index contributed by atoms with van der Waals surface area (Å²) in [5.74, 6) is -0.397. The number of fused-ring (bicyclic) bond motifs is 2. The van der Waals surface area contributed by atoms with Crippen LogP contribution in [0.1, 0.15) is 29.6 Å². The van der Waals surface area contributed by atoms with Gasteiger partial charge in [-0.05, 0) is 41.8 Å². The van der Waals surface area contributed by atoms with Gasteiger partial charge in [0, 0.05) is 15.7 Å². The van der Waals surface area contributed by atoms with Gasteiger partial charge < -0.3 is 5.11 Å². The zero-order chi connectivity index (χ0) is 14.1. The first-order chi connectivity index (χ1) is 9.70. The van der Waals surface area contributed by atoms with E-state index in [4.69, 9.17) is 0 Å². The summed E-state index contributed by atoms with van der Waals surface area (Å²) in [6.45, 7) is 3.77. The van der Waals surface area contributed by atoms with Crippen LogP contribution < -0.4 is 0 Å². The minimum atomic E-state index is -0.713. The number of aliphatic hydroxyl groups excluding tert-OH is 1. The molecule has 1 nitrogen and oxygen atoms in total. The number of hydrogen-bond acceptors (Lipinski definition) is 2. The normalized spacial score (nSPS) is 20.7. The predicted molar refractivity (Wildman–Crippen MR) is 79.5 cm³/mol. The molecular formula is C17H15FOS. The second-order valence-corrected chi connectivity index (χ2v) is 5.98. The van der Waals surface area contributed by atoms with Gasteiger partial charge in [-0.1, -0.05) is 36.0 Å². The van der Waals surface area contributed by atoms with Crippen LogP contribution in [0.3, 0.4) is 0 Å². The second-order valence-electron chi connectivity index (χ2n) is 4.90. The molecule has 0 amide bonds. The molecule has 0 bridgehead atoms. The Labute approximate surface area is 122 Å². The Morgan fingerprint density at radius 1 is 1.15 bits per heavy atom. The van der Waals surface area contributed by atoms with Crippen molar-refractivity contribution in [2.24, 2.45) is 0 Å². The van der Waals surface area contributed by atoms with Crippen molar-refractivity contribution in [2.75, 3.05) is 0 Å². The van der Waals surface area contributed by atoms with Crippen molar-refractivity contribution in [2.45, 2.75) is 28.2 Å². The molecule has 0 aliphatic carbocycles. The molecule has 0 radical (unpaired) electrons. The van der Waals surface area contributed by atoms with Gasteiger partial charge in [0.2, 0.25) is 0 Å². The SMILES string of the molecule is C=CC[C@@H]1c2ccccc2Sc2ccc(F)cc2[C@H]1O. The van der Waals surface area contributed by atoms with E-state index in [2.05, 4.69) is 6.58 Å². The lowest BCUT2D eigenvalue weighted by atomic mass is 9.86. The molecule has 1 aliphatic heterocycles. The quantitative estimate of drug-likeness (QED) is 0.809. The van der Waals surface area contributed by atoms with Gasteiger partial charge in [-0.2, -0.15) is 0 Å². The monoisotopic (exact) mass is 286 g/mol. The lowest BCUT2D eigenvalue weighted by Gasteiger charge is -2.22. The maximum atomic E-state index is 13.5. The molecule has 3 heteroatoms. The molecule has 0 unspecified atom stereocenters. The van der Waals surface area contributed by atoms with Crippen molar-refractivity contribution >= 4 is 11.8 Å². The van der Waals surface area contributed by atoms with Crippen LogP contribution in [-0.4, -0.2) is 5.11 Å². The van der Waals surface area contributed by atoms with Crippen LogP contribution in [0, 0.1) is 5.82 Å². The molecule has 0 saturated heterocycles. The summed E-state index contributed by atoms with van der Waals surface area (Å²) in [7, 11) is 0. The lowest BCUT2D eigenvalue weighted by molar-refractivity contribution is 0.142. The van der Waals surface area contributed by atoms with Gasteiger partial charge in [0.15, 0.2) is 0 Å². The minimum absolute atomic E-state index is 0.0840. The number of aliphatic hydroxyl groups is 1. The summed E-state index contributed by atoms with van der Waals surface area (Å²) in [5, 5.41) is 10.7. The van der Waals surface area contributed by atoms with E-state index in [0.717, 1.165) is 15.4 Å². The average Bonchev–Trinajstić information content (AvgIpc) is 2.57. The van der Waals surface area contributed by atoms with Crippen LogP contribution in [0.2, 0.25) is 0 Å². The highest BCUT2D eigenvalue weighted by Crippen LogP contribution is 2.47. The zero-order valence-electron chi connectivity index (χ0n) is 10.9. The van der Waals surface area contributed by atoms with Crippen molar-refractivity contribution < 1.29 is 9.50 Å². The minimum Gasteiger partial charge on any atom is -0.388 e. The van der Waals surface area contributed by atoms with Crippen LogP contribution >= 0.6 is 11.8 Å². The molecule has 2 aromatic rings. The Balaban J connectivity index is 2.19. The van der Waals surface area contributed by atoms with E-state index in [0.29, 0.717) is 12.0 Å². The third-order valence-corrected chi connectivity index (χ3v) is 4.81. The zero-order valence-corrected chi connectivity index (χ0v) is 11.7. The molecule has 1 aliphatic rings. The Hall–Kier alpha value is -1.58. The molecule has 1 heterocycles. The number of allylic oxidation sites excluding steroid dienone is 1. The maximum absolute atomic E-state index is 13.5. The number of halogens is 1. The third-order valence-electron chi connectivity index (χ3n) is 3.63. The molecule has 0 fully saturated rings. The summed E-state index contributed by atoms with van der Waals surface area (Å²) in [5.41, 5.74) is 1.76. The Morgan fingerprint density at radius 3 is 2.70 bits per heavy atom. The predicted octanol–water partition coefficient (Wildman–Crippen LogP) is 4.68. The Kier molecular flexibility index (Phi) is 3.64.